The Balaban J connectivity index is 1.31. The lowest BCUT2D eigenvalue weighted by Crippen LogP contribution is -2.53. The van der Waals surface area contributed by atoms with Crippen molar-refractivity contribution in [3.8, 4) is 0 Å². The molecule has 4 aliphatic rings. The number of carbonyl (C=O) groups excluding carboxylic acids is 3. The van der Waals surface area contributed by atoms with Crippen molar-refractivity contribution in [1.29, 1.82) is 0 Å². The molecule has 0 aliphatic heterocycles. The minimum absolute atomic E-state index is 0.00669. The Morgan fingerprint density at radius 2 is 1.65 bits per heavy atom. The summed E-state index contributed by atoms with van der Waals surface area (Å²) < 4.78 is 6.12. The molecule has 0 aromatic heterocycles. The molecular weight excluding hydrogens is 424 g/mol. The molecule has 0 amide bonds. The van der Waals surface area contributed by atoms with E-state index in [0.717, 1.165) is 50.5 Å². The van der Waals surface area contributed by atoms with E-state index >= 15 is 0 Å². The number of unbranched alkanes of at least 4 members (excludes halogenated alkanes) is 7. The zero-order valence-electron chi connectivity index (χ0n) is 21.8. The summed E-state index contributed by atoms with van der Waals surface area (Å²) in [5.74, 6) is 1.54. The molecule has 34 heavy (non-hydrogen) atoms. The van der Waals surface area contributed by atoms with Gasteiger partial charge in [0, 0.05) is 30.3 Å². The van der Waals surface area contributed by atoms with Crippen molar-refractivity contribution >= 4 is 17.5 Å². The monoisotopic (exact) mass is 470 g/mol. The molecule has 0 spiro atoms. The maximum absolute atomic E-state index is 13.1. The lowest BCUT2D eigenvalue weighted by atomic mass is 9.47. The van der Waals surface area contributed by atoms with Crippen LogP contribution in [-0.4, -0.2) is 23.6 Å². The van der Waals surface area contributed by atoms with Crippen LogP contribution in [0.4, 0.5) is 0 Å². The highest BCUT2D eigenvalue weighted by Gasteiger charge is 2.61. The first-order valence-corrected chi connectivity index (χ1v) is 14.3. The second kappa shape index (κ2) is 10.7. The summed E-state index contributed by atoms with van der Waals surface area (Å²) in [6.45, 7) is 6.79. The summed E-state index contributed by atoms with van der Waals surface area (Å²) in [7, 11) is 0. The van der Waals surface area contributed by atoms with E-state index in [1.165, 1.54) is 38.5 Å². The number of allylic oxidation sites excluding steroid dienone is 1. The number of carbonyl (C=O) groups is 3. The van der Waals surface area contributed by atoms with E-state index in [1.54, 1.807) is 6.08 Å². The highest BCUT2D eigenvalue weighted by atomic mass is 16.5. The number of ketones is 2. The number of Topliss-reactive ketones (excluding diaryl/α,β-unsaturated/α-hetero) is 1. The van der Waals surface area contributed by atoms with Gasteiger partial charge in [-0.3, -0.25) is 14.4 Å². The molecule has 0 saturated heterocycles. The summed E-state index contributed by atoms with van der Waals surface area (Å²) in [5.41, 5.74) is 0.638. The Bertz CT molecular complexity index is 813. The van der Waals surface area contributed by atoms with Gasteiger partial charge in [-0.1, -0.05) is 65.7 Å². The molecule has 4 rings (SSSR count). The van der Waals surface area contributed by atoms with Crippen molar-refractivity contribution in [3.05, 3.63) is 11.6 Å². The van der Waals surface area contributed by atoms with Gasteiger partial charge in [0.1, 0.15) is 6.10 Å². The van der Waals surface area contributed by atoms with E-state index in [1.807, 2.05) is 0 Å². The molecule has 0 N–H and O–H groups in total. The van der Waals surface area contributed by atoms with Crippen molar-refractivity contribution < 1.29 is 19.1 Å². The van der Waals surface area contributed by atoms with E-state index in [-0.39, 0.29) is 34.5 Å². The lowest BCUT2D eigenvalue weighted by molar-refractivity contribution is -0.161. The minimum atomic E-state index is -0.152. The highest BCUT2D eigenvalue weighted by Crippen LogP contribution is 2.65. The summed E-state index contributed by atoms with van der Waals surface area (Å²) in [6, 6.07) is 0. The molecule has 0 radical (unpaired) electrons. The zero-order chi connectivity index (χ0) is 24.3. The largest absolute Gasteiger partial charge is 0.462 e. The van der Waals surface area contributed by atoms with Crippen LogP contribution in [0.3, 0.4) is 0 Å². The average molecular weight is 471 g/mol. The molecular formula is C30H46O4. The maximum Gasteiger partial charge on any atom is 0.306 e. The van der Waals surface area contributed by atoms with Gasteiger partial charge in [0.05, 0.1) is 0 Å². The Kier molecular flexibility index (Phi) is 8.04. The summed E-state index contributed by atoms with van der Waals surface area (Å²) in [5, 5.41) is 0. The Morgan fingerprint density at radius 3 is 2.38 bits per heavy atom. The molecule has 3 fully saturated rings. The SMILES string of the molecule is CCCCCCCCCCC(=O)O[C@H]1CC[C@H]2C3CC(=O)C4=CC(=O)CC[C@]4(C)[C@H]3CC[C@]12C. The molecule has 1 unspecified atom stereocenters. The molecule has 0 aromatic carbocycles. The smallest absolute Gasteiger partial charge is 0.306 e. The van der Waals surface area contributed by atoms with Crippen LogP contribution in [0.2, 0.25) is 0 Å². The van der Waals surface area contributed by atoms with Gasteiger partial charge in [-0.2, -0.15) is 0 Å². The third-order valence-corrected chi connectivity index (χ3v) is 10.2. The van der Waals surface area contributed by atoms with Crippen molar-refractivity contribution in [3.63, 3.8) is 0 Å². The van der Waals surface area contributed by atoms with Crippen molar-refractivity contribution in [2.75, 3.05) is 0 Å². The number of hydrogen-bond donors (Lipinski definition) is 0. The summed E-state index contributed by atoms with van der Waals surface area (Å²) in [6.07, 6.45) is 18.1. The van der Waals surface area contributed by atoms with Crippen molar-refractivity contribution in [2.45, 2.75) is 130 Å². The average Bonchev–Trinajstić information content (AvgIpc) is 3.13. The molecule has 4 aliphatic carbocycles. The van der Waals surface area contributed by atoms with Gasteiger partial charge >= 0.3 is 5.97 Å². The van der Waals surface area contributed by atoms with Crippen LogP contribution >= 0.6 is 0 Å². The lowest BCUT2D eigenvalue weighted by Gasteiger charge is -2.57. The summed E-state index contributed by atoms with van der Waals surface area (Å²) >= 11 is 0. The predicted molar refractivity (Wildman–Crippen MR) is 134 cm³/mol. The fraction of sp³-hybridized carbons (Fsp3) is 0.833. The Labute approximate surface area is 206 Å². The fourth-order valence-corrected chi connectivity index (χ4v) is 8.15. The van der Waals surface area contributed by atoms with Crippen LogP contribution in [0.25, 0.3) is 0 Å². The molecule has 3 saturated carbocycles. The van der Waals surface area contributed by atoms with E-state index in [4.69, 9.17) is 4.74 Å². The van der Waals surface area contributed by atoms with Crippen molar-refractivity contribution in [1.82, 2.24) is 0 Å². The topological polar surface area (TPSA) is 60.4 Å². The van der Waals surface area contributed by atoms with E-state index < -0.39 is 0 Å². The van der Waals surface area contributed by atoms with Crippen LogP contribution in [-0.2, 0) is 19.1 Å². The molecule has 6 atom stereocenters. The number of fused-ring (bicyclic) bond motifs is 5. The van der Waals surface area contributed by atoms with Crippen LogP contribution in [0, 0.1) is 28.6 Å². The third-order valence-electron chi connectivity index (χ3n) is 10.2. The van der Waals surface area contributed by atoms with Crippen LogP contribution < -0.4 is 0 Å². The van der Waals surface area contributed by atoms with Crippen LogP contribution in [0.1, 0.15) is 124 Å². The zero-order valence-corrected chi connectivity index (χ0v) is 21.8. The van der Waals surface area contributed by atoms with E-state index in [2.05, 4.69) is 20.8 Å². The molecule has 0 heterocycles. The number of hydrogen-bond acceptors (Lipinski definition) is 4. The number of ether oxygens (including phenoxy) is 1. The normalized spacial score (nSPS) is 37.0. The quantitative estimate of drug-likeness (QED) is 0.251. The van der Waals surface area contributed by atoms with Crippen molar-refractivity contribution in [2.24, 2.45) is 28.6 Å². The molecule has 0 bridgehead atoms. The highest BCUT2D eigenvalue weighted by molar-refractivity contribution is 6.05. The van der Waals surface area contributed by atoms with Gasteiger partial charge in [0.2, 0.25) is 0 Å². The predicted octanol–water partition coefficient (Wildman–Crippen LogP) is 7.14. The molecule has 190 valence electrons. The van der Waals surface area contributed by atoms with Gasteiger partial charge in [0.15, 0.2) is 11.6 Å². The first-order chi connectivity index (χ1) is 16.3. The standard InChI is InChI=1S/C30H46O4/c1-4-5-6-7-8-9-10-11-12-28(33)34-27-14-13-23-22-20-26(32)25-19-21(31)15-17-29(25,2)24(22)16-18-30(23,27)3/h19,22-24,27H,4-18,20H2,1-3H3/t22?,23-,24-,27-,29+,30-/m0/s1. The second-order valence-corrected chi connectivity index (χ2v) is 12.3. The third kappa shape index (κ3) is 4.93. The van der Waals surface area contributed by atoms with Gasteiger partial charge in [0.25, 0.3) is 0 Å². The molecule has 4 nitrogen and oxygen atoms in total. The summed E-state index contributed by atoms with van der Waals surface area (Å²) in [4.78, 5) is 37.8. The van der Waals surface area contributed by atoms with E-state index in [0.29, 0.717) is 37.0 Å². The van der Waals surface area contributed by atoms with Crippen LogP contribution in [0.5, 0.6) is 0 Å². The number of rotatable bonds is 10. The Morgan fingerprint density at radius 1 is 0.941 bits per heavy atom. The van der Waals surface area contributed by atoms with Gasteiger partial charge in [-0.05, 0) is 67.8 Å². The van der Waals surface area contributed by atoms with Gasteiger partial charge < -0.3 is 4.74 Å². The van der Waals surface area contributed by atoms with Gasteiger partial charge in [-0.15, -0.1) is 0 Å². The van der Waals surface area contributed by atoms with E-state index in [9.17, 15) is 14.4 Å². The minimum Gasteiger partial charge on any atom is -0.462 e. The first-order valence-electron chi connectivity index (χ1n) is 14.3. The number of esters is 1. The first kappa shape index (κ1) is 25.6. The molecule has 0 aromatic rings. The second-order valence-electron chi connectivity index (χ2n) is 12.3. The molecule has 4 heteroatoms. The fourth-order valence-electron chi connectivity index (χ4n) is 8.15. The van der Waals surface area contributed by atoms with Gasteiger partial charge in [-0.25, -0.2) is 0 Å². The Hall–Kier alpha value is -1.45. The van der Waals surface area contributed by atoms with Crippen LogP contribution in [0.15, 0.2) is 11.6 Å². The maximum atomic E-state index is 13.1.